The summed E-state index contributed by atoms with van der Waals surface area (Å²) in [5, 5.41) is 1.58. The standard InChI is InChI=1S/C12H15N3O4S2/c13-10-3-1-2-4-11(10)19-5-6-21(17,18)14-7-9-8-20-12(16)15-9/h1-4,8,14H,5-7,13H2,(H,15,16). The van der Waals surface area contributed by atoms with E-state index in [1.807, 2.05) is 0 Å². The number of nitrogen functional groups attached to an aromatic ring is 1. The largest absolute Gasteiger partial charge is 0.490 e. The van der Waals surface area contributed by atoms with Gasteiger partial charge >= 0.3 is 4.87 Å². The molecule has 21 heavy (non-hydrogen) atoms. The molecule has 0 fully saturated rings. The van der Waals surface area contributed by atoms with Crippen LogP contribution in [0.15, 0.2) is 34.4 Å². The van der Waals surface area contributed by atoms with Crippen LogP contribution >= 0.6 is 11.3 Å². The summed E-state index contributed by atoms with van der Waals surface area (Å²) in [5.41, 5.74) is 6.67. The number of rotatable bonds is 7. The van der Waals surface area contributed by atoms with E-state index < -0.39 is 10.0 Å². The van der Waals surface area contributed by atoms with Gasteiger partial charge in [0, 0.05) is 11.1 Å². The molecule has 0 saturated heterocycles. The molecule has 0 aliphatic heterocycles. The molecule has 0 bridgehead atoms. The number of aromatic amines is 1. The van der Waals surface area contributed by atoms with Gasteiger partial charge in [0.1, 0.15) is 12.4 Å². The Morgan fingerprint density at radius 3 is 2.76 bits per heavy atom. The number of nitrogens with two attached hydrogens (primary N) is 1. The van der Waals surface area contributed by atoms with Gasteiger partial charge in [-0.05, 0) is 12.1 Å². The van der Waals surface area contributed by atoms with Crippen LogP contribution < -0.4 is 20.1 Å². The van der Waals surface area contributed by atoms with Crippen LogP contribution in [-0.2, 0) is 16.6 Å². The number of anilines is 1. The number of benzene rings is 1. The van der Waals surface area contributed by atoms with Crippen molar-refractivity contribution in [1.82, 2.24) is 9.71 Å². The van der Waals surface area contributed by atoms with Crippen molar-refractivity contribution in [3.63, 3.8) is 0 Å². The lowest BCUT2D eigenvalue weighted by Gasteiger charge is -2.09. The fraction of sp³-hybridized carbons (Fsp3) is 0.250. The molecule has 0 aliphatic rings. The molecular weight excluding hydrogens is 314 g/mol. The topological polar surface area (TPSA) is 114 Å². The van der Waals surface area contributed by atoms with Gasteiger partial charge in [0.05, 0.1) is 18.0 Å². The van der Waals surface area contributed by atoms with Crippen LogP contribution in [0.1, 0.15) is 5.69 Å². The molecule has 4 N–H and O–H groups in total. The van der Waals surface area contributed by atoms with E-state index in [9.17, 15) is 13.2 Å². The molecule has 1 aromatic carbocycles. The molecule has 0 saturated carbocycles. The summed E-state index contributed by atoms with van der Waals surface area (Å²) in [6.45, 7) is 0.0399. The predicted octanol–water partition coefficient (Wildman–Crippen LogP) is 0.517. The number of aromatic nitrogens is 1. The summed E-state index contributed by atoms with van der Waals surface area (Å²) in [4.78, 5) is 13.2. The van der Waals surface area contributed by atoms with Crippen LogP contribution in [0.4, 0.5) is 5.69 Å². The van der Waals surface area contributed by atoms with E-state index in [0.29, 0.717) is 17.1 Å². The Morgan fingerprint density at radius 2 is 2.10 bits per heavy atom. The van der Waals surface area contributed by atoms with Crippen LogP contribution in [0.2, 0.25) is 0 Å². The summed E-state index contributed by atoms with van der Waals surface area (Å²) in [6.07, 6.45) is 0. The molecule has 2 aromatic rings. The molecule has 114 valence electrons. The van der Waals surface area contributed by atoms with Gasteiger partial charge in [0.25, 0.3) is 0 Å². The van der Waals surface area contributed by atoms with Gasteiger partial charge in [-0.3, -0.25) is 4.79 Å². The normalized spacial score (nSPS) is 11.4. The highest BCUT2D eigenvalue weighted by Gasteiger charge is 2.11. The number of thiazole rings is 1. The second kappa shape index (κ2) is 6.74. The van der Waals surface area contributed by atoms with Crippen LogP contribution in [0, 0.1) is 0 Å². The highest BCUT2D eigenvalue weighted by atomic mass is 32.2. The van der Waals surface area contributed by atoms with Crippen molar-refractivity contribution in [1.29, 1.82) is 0 Å². The van der Waals surface area contributed by atoms with Crippen LogP contribution in [0.25, 0.3) is 0 Å². The van der Waals surface area contributed by atoms with Gasteiger partial charge in [-0.15, -0.1) is 0 Å². The van der Waals surface area contributed by atoms with Crippen LogP contribution in [0.5, 0.6) is 5.75 Å². The summed E-state index contributed by atoms with van der Waals surface area (Å²) in [7, 11) is -3.49. The third-order valence-corrected chi connectivity index (χ3v) is 4.59. The van der Waals surface area contributed by atoms with Crippen molar-refractivity contribution in [3.05, 3.63) is 45.0 Å². The number of nitrogens with one attached hydrogen (secondary N) is 2. The summed E-state index contributed by atoms with van der Waals surface area (Å²) < 4.78 is 31.3. The molecule has 0 aliphatic carbocycles. The van der Waals surface area contributed by atoms with Gasteiger partial charge < -0.3 is 15.5 Å². The fourth-order valence-electron chi connectivity index (χ4n) is 1.53. The predicted molar refractivity (Wildman–Crippen MR) is 81.9 cm³/mol. The maximum Gasteiger partial charge on any atom is 0.304 e. The van der Waals surface area contributed by atoms with Crippen molar-refractivity contribution in [2.45, 2.75) is 6.54 Å². The zero-order valence-corrected chi connectivity index (χ0v) is 12.7. The second-order valence-corrected chi connectivity index (χ2v) is 6.97. The van der Waals surface area contributed by atoms with E-state index in [4.69, 9.17) is 10.5 Å². The highest BCUT2D eigenvalue weighted by molar-refractivity contribution is 7.89. The van der Waals surface area contributed by atoms with Crippen molar-refractivity contribution < 1.29 is 13.2 Å². The van der Waals surface area contributed by atoms with E-state index in [1.54, 1.807) is 29.6 Å². The van der Waals surface area contributed by atoms with E-state index in [2.05, 4.69) is 9.71 Å². The van der Waals surface area contributed by atoms with Gasteiger partial charge in [-0.2, -0.15) is 0 Å². The molecule has 0 spiro atoms. The number of hydrogen-bond donors (Lipinski definition) is 3. The zero-order chi connectivity index (χ0) is 15.3. The lowest BCUT2D eigenvalue weighted by molar-refractivity contribution is 0.342. The molecule has 1 heterocycles. The van der Waals surface area contributed by atoms with Crippen molar-refractivity contribution in [2.75, 3.05) is 18.1 Å². The third-order valence-electron chi connectivity index (χ3n) is 2.58. The van der Waals surface area contributed by atoms with Crippen molar-refractivity contribution in [3.8, 4) is 5.75 Å². The Bertz CT molecular complexity index is 752. The Balaban J connectivity index is 1.81. The van der Waals surface area contributed by atoms with Gasteiger partial charge in [-0.1, -0.05) is 23.5 Å². The number of H-pyrrole nitrogens is 1. The van der Waals surface area contributed by atoms with E-state index in [-0.39, 0.29) is 23.8 Å². The fourth-order valence-corrected chi connectivity index (χ4v) is 2.94. The first-order chi connectivity index (χ1) is 9.96. The molecule has 9 heteroatoms. The van der Waals surface area contributed by atoms with Crippen molar-refractivity contribution >= 4 is 27.0 Å². The first-order valence-corrected chi connectivity index (χ1v) is 8.61. The van der Waals surface area contributed by atoms with Gasteiger partial charge in [-0.25, -0.2) is 13.1 Å². The van der Waals surface area contributed by atoms with Crippen LogP contribution in [0.3, 0.4) is 0 Å². The average Bonchev–Trinajstić information content (AvgIpc) is 2.85. The lowest BCUT2D eigenvalue weighted by atomic mass is 10.3. The number of sulfonamides is 1. The summed E-state index contributed by atoms with van der Waals surface area (Å²) in [5.74, 6) is 0.255. The second-order valence-electron chi connectivity index (χ2n) is 4.20. The molecule has 0 radical (unpaired) electrons. The number of hydrogen-bond acceptors (Lipinski definition) is 6. The molecule has 1 aromatic heterocycles. The van der Waals surface area contributed by atoms with Gasteiger partial charge in [0.15, 0.2) is 0 Å². The molecule has 7 nitrogen and oxygen atoms in total. The highest BCUT2D eigenvalue weighted by Crippen LogP contribution is 2.19. The van der Waals surface area contributed by atoms with E-state index in [0.717, 1.165) is 11.3 Å². The maximum absolute atomic E-state index is 11.8. The monoisotopic (exact) mass is 329 g/mol. The molecular formula is C12H15N3O4S2. The van der Waals surface area contributed by atoms with Crippen LogP contribution in [-0.4, -0.2) is 25.8 Å². The number of ether oxygens (including phenoxy) is 1. The maximum atomic E-state index is 11.8. The summed E-state index contributed by atoms with van der Waals surface area (Å²) in [6, 6.07) is 6.87. The Labute approximate surface area is 125 Å². The van der Waals surface area contributed by atoms with E-state index >= 15 is 0 Å². The lowest BCUT2D eigenvalue weighted by Crippen LogP contribution is -2.29. The first-order valence-electron chi connectivity index (χ1n) is 6.07. The SMILES string of the molecule is Nc1ccccc1OCCS(=O)(=O)NCc1csc(=O)[nH]1. The molecule has 0 atom stereocenters. The quantitative estimate of drug-likeness (QED) is 0.641. The minimum atomic E-state index is -3.49. The summed E-state index contributed by atoms with van der Waals surface area (Å²) >= 11 is 0.987. The Kier molecular flexibility index (Phi) is 4.99. The smallest absolute Gasteiger partial charge is 0.304 e. The average molecular weight is 329 g/mol. The molecule has 0 unspecified atom stereocenters. The Hall–Kier alpha value is -1.84. The van der Waals surface area contributed by atoms with E-state index in [1.165, 1.54) is 0 Å². The Morgan fingerprint density at radius 1 is 1.33 bits per heavy atom. The molecule has 0 amide bonds. The first kappa shape index (κ1) is 15.5. The molecule has 2 rings (SSSR count). The van der Waals surface area contributed by atoms with Gasteiger partial charge in [0.2, 0.25) is 10.0 Å². The zero-order valence-electron chi connectivity index (χ0n) is 11.0. The minimum absolute atomic E-state index is 0.0102. The number of para-hydroxylation sites is 2. The van der Waals surface area contributed by atoms with Crippen molar-refractivity contribution in [2.24, 2.45) is 0 Å². The third kappa shape index (κ3) is 4.88. The minimum Gasteiger partial charge on any atom is -0.490 e.